The van der Waals surface area contributed by atoms with Crippen molar-refractivity contribution >= 4 is 21.5 Å². The van der Waals surface area contributed by atoms with Gasteiger partial charge in [-0.3, -0.25) is 9.97 Å². The fourth-order valence-electron chi connectivity index (χ4n) is 5.70. The van der Waals surface area contributed by atoms with Crippen LogP contribution in [0.3, 0.4) is 0 Å². The molecule has 2 aromatic heterocycles. The van der Waals surface area contributed by atoms with E-state index in [0.29, 0.717) is 5.92 Å². The highest BCUT2D eigenvalue weighted by atomic mass is 14.7. The van der Waals surface area contributed by atoms with Crippen molar-refractivity contribution in [3.05, 3.63) is 71.7 Å². The lowest BCUT2D eigenvalue weighted by atomic mass is 9.68. The van der Waals surface area contributed by atoms with E-state index < -0.39 is 0 Å². The van der Waals surface area contributed by atoms with E-state index in [0.717, 1.165) is 5.69 Å². The maximum atomic E-state index is 4.88. The standard InChI is InChI=1S/C27H26N2/c1-27(2)23-15-21-16-28-10-8-18(21)13-22(23)26-25-19(9-11-29-26)12-20(14-24(25)27)17-6-4-3-5-7-17/h8-17H,3-7H2,1-2H3. The van der Waals surface area contributed by atoms with Gasteiger partial charge in [0.2, 0.25) is 0 Å². The Balaban J connectivity index is 1.67. The predicted molar refractivity (Wildman–Crippen MR) is 120 cm³/mol. The molecule has 2 aromatic carbocycles. The first kappa shape index (κ1) is 17.1. The predicted octanol–water partition coefficient (Wildman–Crippen LogP) is 7.14. The van der Waals surface area contributed by atoms with Crippen LogP contribution in [-0.2, 0) is 5.41 Å². The second kappa shape index (κ2) is 6.13. The highest BCUT2D eigenvalue weighted by Gasteiger charge is 2.35. The summed E-state index contributed by atoms with van der Waals surface area (Å²) in [6, 6.07) is 13.9. The van der Waals surface area contributed by atoms with Crippen LogP contribution in [0.25, 0.3) is 32.8 Å². The minimum absolute atomic E-state index is 0.0572. The van der Waals surface area contributed by atoms with Crippen LogP contribution in [0.2, 0.25) is 0 Å². The summed E-state index contributed by atoms with van der Waals surface area (Å²) < 4.78 is 0. The first-order valence-corrected chi connectivity index (χ1v) is 10.9. The number of benzene rings is 2. The molecule has 2 nitrogen and oxygen atoms in total. The van der Waals surface area contributed by atoms with Crippen LogP contribution in [0.15, 0.2) is 55.0 Å². The van der Waals surface area contributed by atoms with Crippen LogP contribution in [0.1, 0.15) is 68.6 Å². The zero-order valence-corrected chi connectivity index (χ0v) is 17.2. The maximum Gasteiger partial charge on any atom is 0.0786 e. The van der Waals surface area contributed by atoms with Gasteiger partial charge in [-0.05, 0) is 70.5 Å². The number of pyridine rings is 2. The van der Waals surface area contributed by atoms with Crippen molar-refractivity contribution in [2.75, 3.05) is 0 Å². The molecule has 0 amide bonds. The van der Waals surface area contributed by atoms with E-state index in [1.54, 1.807) is 0 Å². The van der Waals surface area contributed by atoms with E-state index in [1.807, 2.05) is 18.6 Å². The molecule has 0 radical (unpaired) electrons. The Hall–Kier alpha value is -2.74. The number of hydrogen-bond donors (Lipinski definition) is 0. The van der Waals surface area contributed by atoms with E-state index in [4.69, 9.17) is 4.98 Å². The third-order valence-corrected chi connectivity index (χ3v) is 7.34. The van der Waals surface area contributed by atoms with E-state index in [2.05, 4.69) is 55.2 Å². The molecular weight excluding hydrogens is 352 g/mol. The third kappa shape index (κ3) is 2.48. The molecule has 6 rings (SSSR count). The SMILES string of the molecule is CC1(C)c2cc3cnccc3cc2-c2nccc3cc(C4CCCCC4)cc1c23. The smallest absolute Gasteiger partial charge is 0.0786 e. The summed E-state index contributed by atoms with van der Waals surface area (Å²) in [6.45, 7) is 4.76. The molecule has 144 valence electrons. The Morgan fingerprint density at radius 1 is 0.828 bits per heavy atom. The fourth-order valence-corrected chi connectivity index (χ4v) is 5.70. The van der Waals surface area contributed by atoms with Gasteiger partial charge in [0.15, 0.2) is 0 Å². The van der Waals surface area contributed by atoms with E-state index in [-0.39, 0.29) is 5.41 Å². The Kier molecular flexibility index (Phi) is 3.62. The second-order valence-corrected chi connectivity index (χ2v) is 9.41. The van der Waals surface area contributed by atoms with Gasteiger partial charge in [0.1, 0.15) is 0 Å². The Bertz CT molecular complexity index is 1260. The Labute approximate surface area is 172 Å². The zero-order chi connectivity index (χ0) is 19.6. The molecule has 0 saturated heterocycles. The molecule has 0 N–H and O–H groups in total. The monoisotopic (exact) mass is 378 g/mol. The van der Waals surface area contributed by atoms with Crippen molar-refractivity contribution < 1.29 is 0 Å². The molecule has 2 heterocycles. The largest absolute Gasteiger partial charge is 0.264 e. The van der Waals surface area contributed by atoms with Crippen molar-refractivity contribution in [2.24, 2.45) is 0 Å². The van der Waals surface area contributed by atoms with Crippen molar-refractivity contribution in [1.82, 2.24) is 9.97 Å². The average Bonchev–Trinajstić information content (AvgIpc) is 2.77. The van der Waals surface area contributed by atoms with Gasteiger partial charge in [-0.2, -0.15) is 0 Å². The van der Waals surface area contributed by atoms with E-state index in [1.165, 1.54) is 75.9 Å². The van der Waals surface area contributed by atoms with E-state index >= 15 is 0 Å². The molecule has 2 aliphatic carbocycles. The molecule has 0 bridgehead atoms. The lowest BCUT2D eigenvalue weighted by molar-refractivity contribution is 0.443. The summed E-state index contributed by atoms with van der Waals surface area (Å²) in [5, 5.41) is 5.13. The fraction of sp³-hybridized carbons (Fsp3) is 0.333. The molecule has 1 saturated carbocycles. The average molecular weight is 379 g/mol. The maximum absolute atomic E-state index is 4.88. The zero-order valence-electron chi connectivity index (χ0n) is 17.2. The molecule has 0 spiro atoms. The highest BCUT2D eigenvalue weighted by Crippen LogP contribution is 2.50. The van der Waals surface area contributed by atoms with Crippen molar-refractivity contribution in [3.63, 3.8) is 0 Å². The number of nitrogens with zero attached hydrogens (tertiary/aromatic N) is 2. The quantitative estimate of drug-likeness (QED) is 0.352. The van der Waals surface area contributed by atoms with Crippen LogP contribution in [-0.4, -0.2) is 9.97 Å². The number of aromatic nitrogens is 2. The van der Waals surface area contributed by atoms with Crippen molar-refractivity contribution in [3.8, 4) is 11.3 Å². The first-order chi connectivity index (χ1) is 14.1. The van der Waals surface area contributed by atoms with Crippen LogP contribution in [0.4, 0.5) is 0 Å². The minimum atomic E-state index is -0.0572. The summed E-state index contributed by atoms with van der Waals surface area (Å²) in [7, 11) is 0. The van der Waals surface area contributed by atoms with Crippen LogP contribution >= 0.6 is 0 Å². The van der Waals surface area contributed by atoms with E-state index in [9.17, 15) is 0 Å². The molecule has 0 unspecified atom stereocenters. The topological polar surface area (TPSA) is 25.8 Å². The van der Waals surface area contributed by atoms with Gasteiger partial charge in [-0.1, -0.05) is 45.2 Å². The molecule has 29 heavy (non-hydrogen) atoms. The Morgan fingerprint density at radius 2 is 1.66 bits per heavy atom. The number of rotatable bonds is 1. The molecular formula is C27H26N2. The summed E-state index contributed by atoms with van der Waals surface area (Å²) >= 11 is 0. The van der Waals surface area contributed by atoms with Gasteiger partial charge in [0.25, 0.3) is 0 Å². The summed E-state index contributed by atoms with van der Waals surface area (Å²) in [5.41, 5.74) is 6.69. The molecule has 4 aromatic rings. The summed E-state index contributed by atoms with van der Waals surface area (Å²) in [6.07, 6.45) is 12.6. The summed E-state index contributed by atoms with van der Waals surface area (Å²) in [5.74, 6) is 0.707. The second-order valence-electron chi connectivity index (χ2n) is 9.41. The van der Waals surface area contributed by atoms with Gasteiger partial charge in [-0.25, -0.2) is 0 Å². The minimum Gasteiger partial charge on any atom is -0.264 e. The van der Waals surface area contributed by atoms with Gasteiger partial charge in [-0.15, -0.1) is 0 Å². The lowest BCUT2D eigenvalue weighted by Crippen LogP contribution is -2.24. The van der Waals surface area contributed by atoms with Gasteiger partial charge in [0, 0.05) is 40.3 Å². The normalized spacial score (nSPS) is 18.1. The van der Waals surface area contributed by atoms with Crippen LogP contribution < -0.4 is 0 Å². The third-order valence-electron chi connectivity index (χ3n) is 7.34. The van der Waals surface area contributed by atoms with Crippen LogP contribution in [0, 0.1) is 0 Å². The molecule has 1 fully saturated rings. The van der Waals surface area contributed by atoms with Gasteiger partial charge < -0.3 is 0 Å². The number of hydrogen-bond acceptors (Lipinski definition) is 2. The molecule has 0 aliphatic heterocycles. The summed E-state index contributed by atoms with van der Waals surface area (Å²) in [4.78, 5) is 9.23. The highest BCUT2D eigenvalue weighted by molar-refractivity contribution is 6.04. The first-order valence-electron chi connectivity index (χ1n) is 10.9. The Morgan fingerprint density at radius 3 is 2.52 bits per heavy atom. The lowest BCUT2D eigenvalue weighted by Gasteiger charge is -2.36. The van der Waals surface area contributed by atoms with Gasteiger partial charge >= 0.3 is 0 Å². The number of fused-ring (bicyclic) bond motifs is 3. The molecule has 2 heteroatoms. The van der Waals surface area contributed by atoms with Crippen molar-refractivity contribution in [2.45, 2.75) is 57.3 Å². The van der Waals surface area contributed by atoms with Gasteiger partial charge in [0.05, 0.1) is 5.69 Å². The molecule has 2 aliphatic rings. The van der Waals surface area contributed by atoms with Crippen LogP contribution in [0.5, 0.6) is 0 Å². The van der Waals surface area contributed by atoms with Crippen molar-refractivity contribution in [1.29, 1.82) is 0 Å². The molecule has 0 atom stereocenters.